The van der Waals surface area contributed by atoms with Crippen molar-refractivity contribution in [2.75, 3.05) is 45.8 Å². The lowest BCUT2D eigenvalue weighted by molar-refractivity contribution is -0.134. The highest BCUT2D eigenvalue weighted by atomic mass is 32.2. The number of hydrogen-bond donors (Lipinski definition) is 1. The van der Waals surface area contributed by atoms with Crippen LogP contribution >= 0.6 is 11.8 Å². The summed E-state index contributed by atoms with van der Waals surface area (Å²) in [6.45, 7) is 4.08. The second-order valence-corrected chi connectivity index (χ2v) is 9.86. The minimum absolute atomic E-state index is 0.0290. The fourth-order valence-electron chi connectivity index (χ4n) is 4.74. The molecule has 0 spiro atoms. The predicted molar refractivity (Wildman–Crippen MR) is 147 cm³/mol. The molecule has 1 atom stereocenters. The standard InChI is InChI=1S/C28H30N4O5S/c1-18-25(27(34)30-20-7-9-22(35-2)10-8-20)26(19-5-4-6-23(15-19)36-3)32-21(17-38-28(32)29-18)16-24(33)31-11-13-37-14-12-31/h4-10,15,17,26H,11-14,16H2,1-3H3,(H,30,34)/t26-/m1/s1. The molecular weight excluding hydrogens is 504 g/mol. The summed E-state index contributed by atoms with van der Waals surface area (Å²) in [6, 6.07) is 14.3. The van der Waals surface area contributed by atoms with E-state index in [-0.39, 0.29) is 18.2 Å². The lowest BCUT2D eigenvalue weighted by atomic mass is 9.93. The Bertz CT molecular complexity index is 1310. The van der Waals surface area contributed by atoms with Gasteiger partial charge in [-0.2, -0.15) is 0 Å². The van der Waals surface area contributed by atoms with Crippen molar-refractivity contribution in [3.8, 4) is 11.5 Å². The molecule has 38 heavy (non-hydrogen) atoms. The number of benzene rings is 2. The largest absolute Gasteiger partial charge is 0.497 e. The molecule has 0 aromatic heterocycles. The van der Waals surface area contributed by atoms with Gasteiger partial charge in [-0.05, 0) is 54.3 Å². The van der Waals surface area contributed by atoms with Gasteiger partial charge in [0.25, 0.3) is 5.91 Å². The molecular formula is C28H30N4O5S. The fourth-order valence-corrected chi connectivity index (χ4v) is 5.70. The van der Waals surface area contributed by atoms with Gasteiger partial charge in [0.15, 0.2) is 5.17 Å². The first kappa shape index (κ1) is 25.9. The van der Waals surface area contributed by atoms with Crippen LogP contribution < -0.4 is 14.8 Å². The molecule has 1 fully saturated rings. The van der Waals surface area contributed by atoms with E-state index in [0.717, 1.165) is 16.4 Å². The van der Waals surface area contributed by atoms with Gasteiger partial charge in [-0.3, -0.25) is 9.59 Å². The Morgan fingerprint density at radius 2 is 1.82 bits per heavy atom. The number of hydrogen-bond acceptors (Lipinski definition) is 8. The Balaban J connectivity index is 1.49. The molecule has 3 aliphatic rings. The van der Waals surface area contributed by atoms with E-state index >= 15 is 0 Å². The second-order valence-electron chi connectivity index (χ2n) is 9.02. The zero-order valence-corrected chi connectivity index (χ0v) is 22.4. The summed E-state index contributed by atoms with van der Waals surface area (Å²) in [7, 11) is 3.21. The number of aliphatic imine (C=N–C) groups is 1. The number of fused-ring (bicyclic) bond motifs is 1. The summed E-state index contributed by atoms with van der Waals surface area (Å²) in [5, 5.41) is 5.71. The maximum atomic E-state index is 13.8. The van der Waals surface area contributed by atoms with Crippen LogP contribution in [0.4, 0.5) is 5.69 Å². The first-order valence-corrected chi connectivity index (χ1v) is 13.3. The Kier molecular flexibility index (Phi) is 7.71. The van der Waals surface area contributed by atoms with E-state index in [1.807, 2.05) is 46.4 Å². The van der Waals surface area contributed by atoms with Crippen LogP contribution in [0.3, 0.4) is 0 Å². The van der Waals surface area contributed by atoms with Crippen molar-refractivity contribution in [3.05, 3.63) is 76.5 Å². The van der Waals surface area contributed by atoms with Gasteiger partial charge in [0.2, 0.25) is 5.91 Å². The Labute approximate surface area is 226 Å². The first-order chi connectivity index (χ1) is 18.5. The third-order valence-corrected chi connectivity index (χ3v) is 7.59. The molecule has 198 valence electrons. The molecule has 2 aromatic carbocycles. The highest BCUT2D eigenvalue weighted by Crippen LogP contribution is 2.45. The normalized spacial score (nSPS) is 19.0. The second kappa shape index (κ2) is 11.3. The highest BCUT2D eigenvalue weighted by Gasteiger charge is 2.41. The molecule has 2 amide bonds. The number of anilines is 1. The number of nitrogens with one attached hydrogen (secondary N) is 1. The maximum absolute atomic E-state index is 13.8. The average Bonchev–Trinajstić information content (AvgIpc) is 3.34. The van der Waals surface area contributed by atoms with E-state index in [1.165, 1.54) is 11.8 Å². The molecule has 0 bridgehead atoms. The topological polar surface area (TPSA) is 92.7 Å². The summed E-state index contributed by atoms with van der Waals surface area (Å²) in [5.41, 5.74) is 3.44. The number of carbonyl (C=O) groups excluding carboxylic acids is 2. The van der Waals surface area contributed by atoms with E-state index in [9.17, 15) is 9.59 Å². The number of methoxy groups -OCH3 is 2. The van der Waals surface area contributed by atoms with Gasteiger partial charge in [-0.15, -0.1) is 0 Å². The fraction of sp³-hybridized carbons (Fsp3) is 0.321. The van der Waals surface area contributed by atoms with Crippen molar-refractivity contribution < 1.29 is 23.8 Å². The zero-order chi connectivity index (χ0) is 26.6. The van der Waals surface area contributed by atoms with E-state index in [2.05, 4.69) is 5.32 Å². The van der Waals surface area contributed by atoms with Crippen molar-refractivity contribution >= 4 is 34.4 Å². The smallest absolute Gasteiger partial charge is 0.255 e. The molecule has 2 aromatic rings. The molecule has 1 N–H and O–H groups in total. The van der Waals surface area contributed by atoms with Crippen LogP contribution in [0.25, 0.3) is 0 Å². The molecule has 0 radical (unpaired) electrons. The quantitative estimate of drug-likeness (QED) is 0.570. The van der Waals surface area contributed by atoms with Crippen molar-refractivity contribution in [1.82, 2.24) is 9.80 Å². The van der Waals surface area contributed by atoms with Gasteiger partial charge in [-0.25, -0.2) is 4.99 Å². The number of allylic oxidation sites excluding steroid dienone is 1. The molecule has 10 heteroatoms. The lowest BCUT2D eigenvalue weighted by Gasteiger charge is -2.37. The average molecular weight is 535 g/mol. The number of nitrogens with zero attached hydrogens (tertiary/aromatic N) is 3. The van der Waals surface area contributed by atoms with Gasteiger partial charge in [0, 0.05) is 24.5 Å². The molecule has 0 unspecified atom stereocenters. The van der Waals surface area contributed by atoms with E-state index in [0.29, 0.717) is 54.8 Å². The van der Waals surface area contributed by atoms with Gasteiger partial charge in [0.1, 0.15) is 11.5 Å². The SMILES string of the molecule is COc1ccc(NC(=O)C2=C(C)N=C3SC=C(CC(=O)N4CCOCC4)N3[C@@H]2c2cccc(OC)c2)cc1. The van der Waals surface area contributed by atoms with Gasteiger partial charge < -0.3 is 29.3 Å². The third kappa shape index (κ3) is 5.27. The van der Waals surface area contributed by atoms with E-state index in [1.54, 1.807) is 38.5 Å². The Hall–Kier alpha value is -3.76. The van der Waals surface area contributed by atoms with Crippen molar-refractivity contribution in [2.24, 2.45) is 4.99 Å². The van der Waals surface area contributed by atoms with Crippen molar-refractivity contribution in [2.45, 2.75) is 19.4 Å². The molecule has 0 saturated carbocycles. The number of thioether (sulfide) groups is 1. The first-order valence-electron chi connectivity index (χ1n) is 12.4. The van der Waals surface area contributed by atoms with Crippen LogP contribution in [0.15, 0.2) is 75.9 Å². The van der Waals surface area contributed by atoms with Crippen LogP contribution in [0.5, 0.6) is 11.5 Å². The molecule has 1 saturated heterocycles. The molecule has 3 heterocycles. The molecule has 0 aliphatic carbocycles. The zero-order valence-electron chi connectivity index (χ0n) is 21.6. The van der Waals surface area contributed by atoms with Crippen LogP contribution in [0.2, 0.25) is 0 Å². The number of rotatable bonds is 7. The number of ether oxygens (including phenoxy) is 3. The van der Waals surface area contributed by atoms with Crippen LogP contribution in [-0.4, -0.2) is 67.3 Å². The lowest BCUT2D eigenvalue weighted by Crippen LogP contribution is -2.42. The van der Waals surface area contributed by atoms with Crippen LogP contribution in [0.1, 0.15) is 24.9 Å². The Morgan fingerprint density at radius 1 is 1.08 bits per heavy atom. The molecule has 9 nitrogen and oxygen atoms in total. The Morgan fingerprint density at radius 3 is 2.53 bits per heavy atom. The third-order valence-electron chi connectivity index (χ3n) is 6.70. The van der Waals surface area contributed by atoms with Crippen molar-refractivity contribution in [1.29, 1.82) is 0 Å². The summed E-state index contributed by atoms with van der Waals surface area (Å²) in [5.74, 6) is 1.15. The summed E-state index contributed by atoms with van der Waals surface area (Å²) < 4.78 is 16.1. The van der Waals surface area contributed by atoms with Gasteiger partial charge >= 0.3 is 0 Å². The van der Waals surface area contributed by atoms with Gasteiger partial charge in [0.05, 0.1) is 51.2 Å². The van der Waals surface area contributed by atoms with Crippen LogP contribution in [-0.2, 0) is 14.3 Å². The summed E-state index contributed by atoms with van der Waals surface area (Å²) in [4.78, 5) is 35.6. The molecule has 3 aliphatic heterocycles. The minimum Gasteiger partial charge on any atom is -0.497 e. The highest BCUT2D eigenvalue weighted by molar-refractivity contribution is 8.16. The van der Waals surface area contributed by atoms with E-state index < -0.39 is 6.04 Å². The molecule has 5 rings (SSSR count). The van der Waals surface area contributed by atoms with Crippen LogP contribution in [0, 0.1) is 0 Å². The number of morpholine rings is 1. The van der Waals surface area contributed by atoms with E-state index in [4.69, 9.17) is 19.2 Å². The van der Waals surface area contributed by atoms with Gasteiger partial charge in [-0.1, -0.05) is 23.9 Å². The number of amidine groups is 1. The number of carbonyl (C=O) groups is 2. The minimum atomic E-state index is -0.491. The summed E-state index contributed by atoms with van der Waals surface area (Å²) in [6.07, 6.45) is 0.207. The maximum Gasteiger partial charge on any atom is 0.255 e. The monoisotopic (exact) mass is 534 g/mol. The summed E-state index contributed by atoms with van der Waals surface area (Å²) >= 11 is 1.46. The number of amides is 2. The predicted octanol–water partition coefficient (Wildman–Crippen LogP) is 4.17. The van der Waals surface area contributed by atoms with Crippen molar-refractivity contribution in [3.63, 3.8) is 0 Å².